The fraction of sp³-hybridized carbons (Fsp3) is 0. The molecule has 0 aliphatic rings. The summed E-state index contributed by atoms with van der Waals surface area (Å²) in [7, 11) is 0. The van der Waals surface area contributed by atoms with Crippen LogP contribution in [0.25, 0.3) is 11.0 Å². The van der Waals surface area contributed by atoms with Gasteiger partial charge in [0.15, 0.2) is 5.78 Å². The second kappa shape index (κ2) is 5.42. The van der Waals surface area contributed by atoms with Crippen molar-refractivity contribution in [3.05, 3.63) is 61.2 Å². The second-order valence-electron chi connectivity index (χ2n) is 4.21. The summed E-state index contributed by atoms with van der Waals surface area (Å²) in [6.07, 6.45) is 3.39. The molecule has 6 heteroatoms. The number of carbonyl (C=O) groups is 1. The van der Waals surface area contributed by atoms with Crippen LogP contribution in [0.2, 0.25) is 0 Å². The Morgan fingerprint density at radius 2 is 1.85 bits per heavy atom. The van der Waals surface area contributed by atoms with Gasteiger partial charge in [0.2, 0.25) is 0 Å². The van der Waals surface area contributed by atoms with Crippen molar-refractivity contribution < 1.29 is 4.79 Å². The monoisotopic (exact) mass is 456 g/mol. The normalized spacial score (nSPS) is 10.9. The van der Waals surface area contributed by atoms with Gasteiger partial charge in [-0.15, -0.1) is 0 Å². The van der Waals surface area contributed by atoms with E-state index in [-0.39, 0.29) is 5.78 Å². The zero-order chi connectivity index (χ0) is 14.3. The lowest BCUT2D eigenvalue weighted by molar-refractivity contribution is 0.103. The van der Waals surface area contributed by atoms with Crippen LogP contribution in [0.1, 0.15) is 15.9 Å². The Morgan fingerprint density at radius 3 is 2.65 bits per heavy atom. The summed E-state index contributed by atoms with van der Waals surface area (Å²) in [5, 5.41) is 0.802. The Morgan fingerprint density at radius 1 is 1.05 bits per heavy atom. The molecule has 3 rings (SSSR count). The molecule has 0 spiro atoms. The summed E-state index contributed by atoms with van der Waals surface area (Å²) >= 11 is 10.2. The molecule has 0 saturated heterocycles. The SMILES string of the molecule is O=C(c1cc(Br)ccc1Br)c1c[nH]c2ncc(Br)cc12. The topological polar surface area (TPSA) is 45.8 Å². The zero-order valence-corrected chi connectivity index (χ0v) is 14.7. The highest BCUT2D eigenvalue weighted by Gasteiger charge is 2.17. The number of halogens is 3. The van der Waals surface area contributed by atoms with E-state index < -0.39 is 0 Å². The van der Waals surface area contributed by atoms with E-state index in [0.29, 0.717) is 16.8 Å². The number of carbonyl (C=O) groups excluding carboxylic acids is 1. The lowest BCUT2D eigenvalue weighted by atomic mass is 10.0. The molecule has 1 aromatic carbocycles. The number of ketones is 1. The number of fused-ring (bicyclic) bond motifs is 1. The third kappa shape index (κ3) is 2.47. The average Bonchev–Trinajstić information content (AvgIpc) is 2.83. The Balaban J connectivity index is 2.17. The van der Waals surface area contributed by atoms with Gasteiger partial charge in [0, 0.05) is 42.3 Å². The quantitative estimate of drug-likeness (QED) is 0.544. The van der Waals surface area contributed by atoms with Crippen molar-refractivity contribution in [3.63, 3.8) is 0 Å². The van der Waals surface area contributed by atoms with Crippen LogP contribution in [0.5, 0.6) is 0 Å². The Kier molecular flexibility index (Phi) is 3.79. The van der Waals surface area contributed by atoms with Gasteiger partial charge in [0.1, 0.15) is 5.65 Å². The number of nitrogens with zero attached hydrogens (tertiary/aromatic N) is 1. The molecule has 0 aliphatic heterocycles. The van der Waals surface area contributed by atoms with Crippen LogP contribution in [0.4, 0.5) is 0 Å². The minimum Gasteiger partial charge on any atom is -0.345 e. The van der Waals surface area contributed by atoms with E-state index >= 15 is 0 Å². The molecule has 0 unspecified atom stereocenters. The maximum atomic E-state index is 12.7. The van der Waals surface area contributed by atoms with Crippen molar-refractivity contribution >= 4 is 64.6 Å². The van der Waals surface area contributed by atoms with Crippen molar-refractivity contribution in [2.75, 3.05) is 0 Å². The maximum Gasteiger partial charge on any atom is 0.196 e. The first-order valence-electron chi connectivity index (χ1n) is 5.68. The summed E-state index contributed by atoms with van der Waals surface area (Å²) < 4.78 is 2.47. The van der Waals surface area contributed by atoms with Crippen molar-refractivity contribution in [1.82, 2.24) is 9.97 Å². The fourth-order valence-corrected chi connectivity index (χ4v) is 3.10. The maximum absolute atomic E-state index is 12.7. The van der Waals surface area contributed by atoms with Gasteiger partial charge in [-0.3, -0.25) is 4.79 Å². The van der Waals surface area contributed by atoms with E-state index in [1.54, 1.807) is 18.5 Å². The first-order chi connectivity index (χ1) is 9.56. The molecule has 3 nitrogen and oxygen atoms in total. The molecule has 2 aromatic heterocycles. The first-order valence-corrected chi connectivity index (χ1v) is 8.06. The molecule has 0 aliphatic carbocycles. The molecule has 0 amide bonds. The lowest BCUT2D eigenvalue weighted by Gasteiger charge is -2.04. The molecule has 100 valence electrons. The van der Waals surface area contributed by atoms with Gasteiger partial charge >= 0.3 is 0 Å². The third-order valence-electron chi connectivity index (χ3n) is 2.92. The van der Waals surface area contributed by atoms with Gasteiger partial charge in [-0.05, 0) is 40.2 Å². The predicted molar refractivity (Wildman–Crippen MR) is 89.1 cm³/mol. The first kappa shape index (κ1) is 14.0. The van der Waals surface area contributed by atoms with E-state index in [1.807, 2.05) is 18.2 Å². The second-order valence-corrected chi connectivity index (χ2v) is 6.89. The lowest BCUT2D eigenvalue weighted by Crippen LogP contribution is -2.01. The fourth-order valence-electron chi connectivity index (χ4n) is 1.98. The minimum atomic E-state index is -0.0516. The number of aromatic nitrogens is 2. The van der Waals surface area contributed by atoms with Crippen molar-refractivity contribution in [3.8, 4) is 0 Å². The van der Waals surface area contributed by atoms with Crippen LogP contribution in [0, 0.1) is 0 Å². The zero-order valence-electron chi connectivity index (χ0n) is 9.95. The van der Waals surface area contributed by atoms with Crippen molar-refractivity contribution in [2.24, 2.45) is 0 Å². The molecule has 0 fully saturated rings. The molecular formula is C14H7Br3N2O. The van der Waals surface area contributed by atoms with Gasteiger partial charge < -0.3 is 4.98 Å². The van der Waals surface area contributed by atoms with E-state index in [1.165, 1.54) is 0 Å². The summed E-state index contributed by atoms with van der Waals surface area (Å²) in [4.78, 5) is 20.0. The van der Waals surface area contributed by atoms with Gasteiger partial charge in [0.25, 0.3) is 0 Å². The van der Waals surface area contributed by atoms with Gasteiger partial charge in [-0.2, -0.15) is 0 Å². The molecule has 20 heavy (non-hydrogen) atoms. The van der Waals surface area contributed by atoms with Gasteiger partial charge in [0.05, 0.1) is 0 Å². The molecule has 0 radical (unpaired) electrons. The standard InChI is InChI=1S/C14H7Br3N2O/c15-7-1-2-12(17)10(3-7)13(20)11-6-19-14-9(11)4-8(16)5-18-14/h1-6H,(H,18,19). The van der Waals surface area contributed by atoms with Gasteiger partial charge in [-0.25, -0.2) is 4.98 Å². The smallest absolute Gasteiger partial charge is 0.196 e. The van der Waals surface area contributed by atoms with E-state index in [2.05, 4.69) is 57.8 Å². The number of hydrogen-bond acceptors (Lipinski definition) is 2. The number of aromatic amines is 1. The average molecular weight is 459 g/mol. The van der Waals surface area contributed by atoms with Gasteiger partial charge in [-0.1, -0.05) is 31.9 Å². The van der Waals surface area contributed by atoms with Crippen molar-refractivity contribution in [1.29, 1.82) is 0 Å². The Labute approximate surface area is 140 Å². The highest BCUT2D eigenvalue weighted by molar-refractivity contribution is 9.11. The summed E-state index contributed by atoms with van der Waals surface area (Å²) in [6.45, 7) is 0. The Bertz CT molecular complexity index is 826. The minimum absolute atomic E-state index is 0.0516. The molecule has 3 aromatic rings. The molecule has 0 atom stereocenters. The van der Waals surface area contributed by atoms with Crippen LogP contribution < -0.4 is 0 Å². The predicted octanol–water partition coefficient (Wildman–Crippen LogP) is 5.08. The largest absolute Gasteiger partial charge is 0.345 e. The molecule has 1 N–H and O–H groups in total. The number of pyridine rings is 1. The molecule has 0 saturated carbocycles. The number of nitrogens with one attached hydrogen (secondary N) is 1. The number of rotatable bonds is 2. The molecule has 2 heterocycles. The van der Waals surface area contributed by atoms with Crippen LogP contribution in [0.15, 0.2) is 50.1 Å². The number of hydrogen-bond donors (Lipinski definition) is 1. The Hall–Kier alpha value is -0.980. The number of H-pyrrole nitrogens is 1. The summed E-state index contributed by atoms with van der Waals surface area (Å²) in [6, 6.07) is 7.42. The summed E-state index contributed by atoms with van der Waals surface area (Å²) in [5.74, 6) is -0.0516. The molecular weight excluding hydrogens is 452 g/mol. The number of benzene rings is 1. The van der Waals surface area contributed by atoms with E-state index in [0.717, 1.165) is 18.8 Å². The van der Waals surface area contributed by atoms with Crippen LogP contribution in [-0.2, 0) is 0 Å². The van der Waals surface area contributed by atoms with E-state index in [9.17, 15) is 4.79 Å². The van der Waals surface area contributed by atoms with Crippen LogP contribution in [-0.4, -0.2) is 15.8 Å². The van der Waals surface area contributed by atoms with Crippen molar-refractivity contribution in [2.45, 2.75) is 0 Å². The van der Waals surface area contributed by atoms with E-state index in [4.69, 9.17) is 0 Å². The highest BCUT2D eigenvalue weighted by Crippen LogP contribution is 2.27. The summed E-state index contributed by atoms with van der Waals surface area (Å²) in [5.41, 5.74) is 1.91. The molecule has 0 bridgehead atoms. The third-order valence-corrected chi connectivity index (χ3v) is 4.53. The van der Waals surface area contributed by atoms with Crippen LogP contribution in [0.3, 0.4) is 0 Å². The highest BCUT2D eigenvalue weighted by atomic mass is 79.9. The van der Waals surface area contributed by atoms with Crippen LogP contribution >= 0.6 is 47.8 Å².